The second kappa shape index (κ2) is 9.64. The van der Waals surface area contributed by atoms with Gasteiger partial charge < -0.3 is 11.1 Å². The van der Waals surface area contributed by atoms with Crippen LogP contribution in [0.3, 0.4) is 0 Å². The quantitative estimate of drug-likeness (QED) is 0.632. The van der Waals surface area contributed by atoms with Crippen molar-refractivity contribution in [3.8, 4) is 0 Å². The molecule has 0 aliphatic carbocycles. The van der Waals surface area contributed by atoms with Crippen molar-refractivity contribution in [2.75, 3.05) is 6.54 Å². The number of nitrogens with one attached hydrogen (secondary N) is 1. The van der Waals surface area contributed by atoms with Crippen LogP contribution in [0.4, 0.5) is 0 Å². The number of hydrogen-bond donors (Lipinski definition) is 2. The monoisotopic (exact) mass is 405 g/mol. The number of thiazole rings is 1. The molecule has 8 heteroatoms. The number of hydrogen-bond acceptors (Lipinski definition) is 5. The Kier molecular flexibility index (Phi) is 7.53. The van der Waals surface area contributed by atoms with Crippen LogP contribution in [-0.4, -0.2) is 27.2 Å². The van der Waals surface area contributed by atoms with Gasteiger partial charge in [-0.25, -0.2) is 4.98 Å². The number of carbonyl (C=O) groups is 1. The minimum atomic E-state index is -0.167. The van der Waals surface area contributed by atoms with Crippen LogP contribution in [0.2, 0.25) is 0 Å². The smallest absolute Gasteiger partial charge is 0.271 e. The molecule has 3 rings (SSSR count). The minimum Gasteiger partial charge on any atom is -0.346 e. The molecule has 0 aliphatic heterocycles. The Labute approximate surface area is 169 Å². The van der Waals surface area contributed by atoms with Gasteiger partial charge in [-0.15, -0.1) is 23.7 Å². The van der Waals surface area contributed by atoms with E-state index in [1.165, 1.54) is 16.9 Å². The molecule has 0 saturated carbocycles. The number of aromatic nitrogens is 3. The predicted octanol–water partition coefficient (Wildman–Crippen LogP) is 2.86. The number of rotatable bonds is 7. The molecule has 2 heterocycles. The second-order valence-corrected chi connectivity index (χ2v) is 7.08. The normalized spacial score (nSPS) is 10.5. The third-order valence-electron chi connectivity index (χ3n) is 4.27. The molecule has 0 unspecified atom stereocenters. The standard InChI is InChI=1S/C19H23N5OS.ClH/c1-13-16(10-21-19(25)17-12-26-18(22-17)8-9-20)14(2)24(23-13)11-15-6-4-3-5-7-15;/h3-7,12H,8-11,20H2,1-2H3,(H,21,25);1H. The van der Waals surface area contributed by atoms with E-state index in [0.717, 1.165) is 28.5 Å². The van der Waals surface area contributed by atoms with Gasteiger partial charge in [-0.05, 0) is 26.0 Å². The fourth-order valence-electron chi connectivity index (χ4n) is 2.81. The first-order valence-electron chi connectivity index (χ1n) is 8.58. The molecule has 0 aliphatic rings. The van der Waals surface area contributed by atoms with Crippen LogP contribution in [0, 0.1) is 13.8 Å². The summed E-state index contributed by atoms with van der Waals surface area (Å²) in [5, 5.41) is 10.2. The summed E-state index contributed by atoms with van der Waals surface area (Å²) in [4.78, 5) is 16.7. The molecule has 6 nitrogen and oxygen atoms in total. The van der Waals surface area contributed by atoms with Gasteiger partial charge in [0, 0.05) is 29.6 Å². The van der Waals surface area contributed by atoms with Gasteiger partial charge in [-0.3, -0.25) is 9.48 Å². The van der Waals surface area contributed by atoms with E-state index in [-0.39, 0.29) is 18.3 Å². The van der Waals surface area contributed by atoms with E-state index in [9.17, 15) is 4.79 Å². The van der Waals surface area contributed by atoms with Crippen LogP contribution in [0.25, 0.3) is 0 Å². The Balaban J connectivity index is 0.00000261. The van der Waals surface area contributed by atoms with Crippen molar-refractivity contribution in [1.82, 2.24) is 20.1 Å². The third kappa shape index (κ3) is 5.15. The van der Waals surface area contributed by atoms with E-state index < -0.39 is 0 Å². The van der Waals surface area contributed by atoms with Crippen molar-refractivity contribution >= 4 is 29.7 Å². The first kappa shape index (κ1) is 21.1. The number of benzene rings is 1. The van der Waals surface area contributed by atoms with E-state index in [1.807, 2.05) is 36.7 Å². The van der Waals surface area contributed by atoms with Gasteiger partial charge in [-0.1, -0.05) is 30.3 Å². The summed E-state index contributed by atoms with van der Waals surface area (Å²) >= 11 is 1.47. The fourth-order valence-corrected chi connectivity index (χ4v) is 3.61. The van der Waals surface area contributed by atoms with Crippen molar-refractivity contribution < 1.29 is 4.79 Å². The van der Waals surface area contributed by atoms with Gasteiger partial charge in [0.05, 0.1) is 17.2 Å². The summed E-state index contributed by atoms with van der Waals surface area (Å²) in [5.74, 6) is -0.167. The van der Waals surface area contributed by atoms with E-state index in [4.69, 9.17) is 5.73 Å². The SMILES string of the molecule is Cc1nn(Cc2ccccc2)c(C)c1CNC(=O)c1csc(CCN)n1.Cl. The molecule has 0 fully saturated rings. The number of halogens is 1. The van der Waals surface area contributed by atoms with E-state index in [0.29, 0.717) is 25.2 Å². The van der Waals surface area contributed by atoms with Crippen LogP contribution in [-0.2, 0) is 19.5 Å². The van der Waals surface area contributed by atoms with Crippen LogP contribution in [0.1, 0.15) is 38.0 Å². The maximum Gasteiger partial charge on any atom is 0.271 e. The minimum absolute atomic E-state index is 0. The first-order chi connectivity index (χ1) is 12.6. The first-order valence-corrected chi connectivity index (χ1v) is 9.46. The molecule has 3 N–H and O–H groups in total. The third-order valence-corrected chi connectivity index (χ3v) is 5.18. The highest BCUT2D eigenvalue weighted by molar-refractivity contribution is 7.09. The summed E-state index contributed by atoms with van der Waals surface area (Å²) < 4.78 is 1.98. The Bertz CT molecular complexity index is 891. The second-order valence-electron chi connectivity index (χ2n) is 6.14. The average molecular weight is 406 g/mol. The number of carbonyl (C=O) groups excluding carboxylic acids is 1. The van der Waals surface area contributed by atoms with Crippen LogP contribution < -0.4 is 11.1 Å². The summed E-state index contributed by atoms with van der Waals surface area (Å²) in [7, 11) is 0. The van der Waals surface area contributed by atoms with Gasteiger partial charge in [0.1, 0.15) is 5.69 Å². The lowest BCUT2D eigenvalue weighted by Crippen LogP contribution is -2.24. The number of nitrogens with two attached hydrogens (primary N) is 1. The van der Waals surface area contributed by atoms with E-state index in [2.05, 4.69) is 27.5 Å². The largest absolute Gasteiger partial charge is 0.346 e. The molecule has 27 heavy (non-hydrogen) atoms. The Morgan fingerprint density at radius 2 is 2.00 bits per heavy atom. The molecule has 144 valence electrons. The van der Waals surface area contributed by atoms with Crippen molar-refractivity contribution in [1.29, 1.82) is 0 Å². The lowest BCUT2D eigenvalue weighted by Gasteiger charge is -2.07. The molecule has 1 aromatic carbocycles. The van der Waals surface area contributed by atoms with Gasteiger partial charge in [0.2, 0.25) is 0 Å². The molecule has 0 radical (unpaired) electrons. The summed E-state index contributed by atoms with van der Waals surface area (Å²) in [6.45, 7) is 5.70. The van der Waals surface area contributed by atoms with Crippen LogP contribution in [0.15, 0.2) is 35.7 Å². The van der Waals surface area contributed by atoms with Crippen LogP contribution >= 0.6 is 23.7 Å². The van der Waals surface area contributed by atoms with E-state index in [1.54, 1.807) is 5.38 Å². The molecule has 2 aromatic heterocycles. The van der Waals surface area contributed by atoms with Crippen LogP contribution in [0.5, 0.6) is 0 Å². The Morgan fingerprint density at radius 1 is 1.26 bits per heavy atom. The average Bonchev–Trinajstić information content (AvgIpc) is 3.20. The molecule has 3 aromatic rings. The lowest BCUT2D eigenvalue weighted by atomic mass is 10.2. The number of amides is 1. The van der Waals surface area contributed by atoms with Gasteiger partial charge in [-0.2, -0.15) is 5.10 Å². The zero-order valence-corrected chi connectivity index (χ0v) is 17.1. The molecule has 0 atom stereocenters. The molecular formula is C19H24ClN5OS. The van der Waals surface area contributed by atoms with Crippen molar-refractivity contribution in [3.63, 3.8) is 0 Å². The molecule has 0 spiro atoms. The summed E-state index contributed by atoms with van der Waals surface area (Å²) in [6.07, 6.45) is 0.697. The predicted molar refractivity (Wildman–Crippen MR) is 111 cm³/mol. The van der Waals surface area contributed by atoms with Gasteiger partial charge >= 0.3 is 0 Å². The van der Waals surface area contributed by atoms with Crippen molar-refractivity contribution in [2.24, 2.45) is 5.73 Å². The van der Waals surface area contributed by atoms with Crippen molar-refractivity contribution in [2.45, 2.75) is 33.4 Å². The number of aryl methyl sites for hydroxylation is 1. The number of nitrogens with zero attached hydrogens (tertiary/aromatic N) is 3. The van der Waals surface area contributed by atoms with Gasteiger partial charge in [0.25, 0.3) is 5.91 Å². The lowest BCUT2D eigenvalue weighted by molar-refractivity contribution is 0.0946. The maximum absolute atomic E-state index is 12.3. The highest BCUT2D eigenvalue weighted by atomic mass is 35.5. The fraction of sp³-hybridized carbons (Fsp3) is 0.316. The summed E-state index contributed by atoms with van der Waals surface area (Å²) in [5.41, 5.74) is 10.2. The summed E-state index contributed by atoms with van der Waals surface area (Å²) in [6, 6.07) is 10.2. The van der Waals surface area contributed by atoms with E-state index >= 15 is 0 Å². The molecule has 0 bridgehead atoms. The Morgan fingerprint density at radius 3 is 2.70 bits per heavy atom. The zero-order chi connectivity index (χ0) is 18.5. The molecule has 1 amide bonds. The van der Waals surface area contributed by atoms with Crippen molar-refractivity contribution in [3.05, 3.63) is 68.9 Å². The van der Waals surface area contributed by atoms with Gasteiger partial charge in [0.15, 0.2) is 0 Å². The zero-order valence-electron chi connectivity index (χ0n) is 15.4. The highest BCUT2D eigenvalue weighted by Gasteiger charge is 2.15. The Hall–Kier alpha value is -2.22. The molecule has 0 saturated heterocycles. The highest BCUT2D eigenvalue weighted by Crippen LogP contribution is 2.15. The maximum atomic E-state index is 12.3. The topological polar surface area (TPSA) is 85.8 Å². The molecular weight excluding hydrogens is 382 g/mol.